The van der Waals surface area contributed by atoms with Crippen LogP contribution in [0.3, 0.4) is 0 Å². The summed E-state index contributed by atoms with van der Waals surface area (Å²) >= 11 is 0. The SMILES string of the molecule is O=C(O)[C@@H]1CC(O)CN1C(=O)c1ncccc1O. The minimum atomic E-state index is -1.18. The van der Waals surface area contributed by atoms with Crippen molar-refractivity contribution in [1.29, 1.82) is 0 Å². The predicted molar refractivity (Wildman–Crippen MR) is 59.0 cm³/mol. The second kappa shape index (κ2) is 4.61. The zero-order chi connectivity index (χ0) is 13.3. The molecule has 0 aromatic carbocycles. The van der Waals surface area contributed by atoms with Gasteiger partial charge in [-0.05, 0) is 12.1 Å². The summed E-state index contributed by atoms with van der Waals surface area (Å²) in [4.78, 5) is 27.8. The summed E-state index contributed by atoms with van der Waals surface area (Å²) in [5.41, 5.74) is -0.210. The summed E-state index contributed by atoms with van der Waals surface area (Å²) < 4.78 is 0. The predicted octanol–water partition coefficient (Wildman–Crippen LogP) is -0.553. The van der Waals surface area contributed by atoms with E-state index in [9.17, 15) is 19.8 Å². The molecule has 1 amide bonds. The molecule has 3 N–H and O–H groups in total. The Morgan fingerprint density at radius 2 is 2.17 bits per heavy atom. The molecule has 1 unspecified atom stereocenters. The maximum absolute atomic E-state index is 12.1. The Hall–Kier alpha value is -2.15. The quantitative estimate of drug-likeness (QED) is 0.651. The molecule has 1 aromatic rings. The molecule has 0 saturated carbocycles. The number of aliphatic hydroxyl groups is 1. The lowest BCUT2D eigenvalue weighted by Gasteiger charge is -2.20. The van der Waals surface area contributed by atoms with Crippen LogP contribution in [0.25, 0.3) is 0 Å². The molecule has 1 fully saturated rings. The molecule has 2 heterocycles. The Morgan fingerprint density at radius 1 is 1.44 bits per heavy atom. The molecule has 1 aliphatic rings. The average Bonchev–Trinajstić information content (AvgIpc) is 2.71. The normalized spacial score (nSPS) is 23.1. The van der Waals surface area contributed by atoms with Crippen LogP contribution in [0.5, 0.6) is 5.75 Å². The van der Waals surface area contributed by atoms with Crippen molar-refractivity contribution in [3.05, 3.63) is 24.0 Å². The number of likely N-dealkylation sites (tertiary alicyclic amines) is 1. The number of carbonyl (C=O) groups is 2. The highest BCUT2D eigenvalue weighted by molar-refractivity contribution is 5.97. The Bertz CT molecular complexity index is 490. The molecule has 7 nitrogen and oxygen atoms in total. The van der Waals surface area contributed by atoms with Crippen LogP contribution in [0.4, 0.5) is 0 Å². The van der Waals surface area contributed by atoms with E-state index in [2.05, 4.69) is 4.98 Å². The van der Waals surface area contributed by atoms with Crippen molar-refractivity contribution in [2.75, 3.05) is 6.54 Å². The number of hydrogen-bond donors (Lipinski definition) is 3. The van der Waals surface area contributed by atoms with E-state index in [4.69, 9.17) is 5.11 Å². The number of nitrogens with zero attached hydrogens (tertiary/aromatic N) is 2. The van der Waals surface area contributed by atoms with Crippen LogP contribution in [-0.4, -0.2) is 55.8 Å². The number of rotatable bonds is 2. The monoisotopic (exact) mass is 252 g/mol. The summed E-state index contributed by atoms with van der Waals surface area (Å²) in [5, 5.41) is 27.9. The summed E-state index contributed by atoms with van der Waals surface area (Å²) in [6, 6.07) is 1.66. The lowest BCUT2D eigenvalue weighted by atomic mass is 10.2. The largest absolute Gasteiger partial charge is 0.505 e. The van der Waals surface area contributed by atoms with Gasteiger partial charge >= 0.3 is 5.97 Å². The van der Waals surface area contributed by atoms with Crippen LogP contribution in [0, 0.1) is 0 Å². The molecule has 1 aliphatic heterocycles. The molecular weight excluding hydrogens is 240 g/mol. The molecule has 2 atom stereocenters. The number of aliphatic hydroxyl groups excluding tert-OH is 1. The Kier molecular flexibility index (Phi) is 3.15. The number of amides is 1. The molecule has 0 radical (unpaired) electrons. The van der Waals surface area contributed by atoms with E-state index in [1.54, 1.807) is 0 Å². The van der Waals surface area contributed by atoms with Gasteiger partial charge in [0.05, 0.1) is 6.10 Å². The molecule has 1 aromatic heterocycles. The minimum absolute atomic E-state index is 0.0192. The van der Waals surface area contributed by atoms with Gasteiger partial charge in [-0.3, -0.25) is 4.79 Å². The number of aliphatic carboxylic acids is 1. The van der Waals surface area contributed by atoms with Gasteiger partial charge in [0, 0.05) is 19.2 Å². The van der Waals surface area contributed by atoms with Gasteiger partial charge in [-0.25, -0.2) is 9.78 Å². The molecule has 2 rings (SSSR count). The zero-order valence-electron chi connectivity index (χ0n) is 9.35. The molecular formula is C11H12N2O5. The Balaban J connectivity index is 2.28. The number of aromatic nitrogens is 1. The van der Waals surface area contributed by atoms with Gasteiger partial charge in [-0.2, -0.15) is 0 Å². The average molecular weight is 252 g/mol. The van der Waals surface area contributed by atoms with Crippen LogP contribution in [0.15, 0.2) is 18.3 Å². The van der Waals surface area contributed by atoms with Crippen molar-refractivity contribution in [2.45, 2.75) is 18.6 Å². The molecule has 0 spiro atoms. The molecule has 18 heavy (non-hydrogen) atoms. The van der Waals surface area contributed by atoms with Crippen molar-refractivity contribution in [2.24, 2.45) is 0 Å². The Labute approximate surface area is 102 Å². The third kappa shape index (κ3) is 2.12. The van der Waals surface area contributed by atoms with Crippen molar-refractivity contribution in [3.8, 4) is 5.75 Å². The number of carboxylic acid groups (broad SMARTS) is 1. The first-order chi connectivity index (χ1) is 8.50. The van der Waals surface area contributed by atoms with Gasteiger partial charge in [0.2, 0.25) is 0 Å². The molecule has 96 valence electrons. The number of aromatic hydroxyl groups is 1. The van der Waals surface area contributed by atoms with Crippen molar-refractivity contribution in [3.63, 3.8) is 0 Å². The van der Waals surface area contributed by atoms with E-state index < -0.39 is 24.0 Å². The first kappa shape index (κ1) is 12.3. The standard InChI is InChI=1S/C11H12N2O5/c14-6-4-7(11(17)18)13(5-6)10(16)9-8(15)2-1-3-12-9/h1-3,6-7,14-15H,4-5H2,(H,17,18)/t6?,7-/m0/s1. The molecule has 1 saturated heterocycles. The van der Waals surface area contributed by atoms with Gasteiger partial charge in [0.25, 0.3) is 5.91 Å². The summed E-state index contributed by atoms with van der Waals surface area (Å²) in [5.74, 6) is -2.19. The Morgan fingerprint density at radius 3 is 2.78 bits per heavy atom. The fraction of sp³-hybridized carbons (Fsp3) is 0.364. The first-order valence-electron chi connectivity index (χ1n) is 5.36. The van der Waals surface area contributed by atoms with Crippen LogP contribution >= 0.6 is 0 Å². The lowest BCUT2D eigenvalue weighted by Crippen LogP contribution is -2.40. The fourth-order valence-corrected chi connectivity index (χ4v) is 1.97. The van der Waals surface area contributed by atoms with E-state index in [-0.39, 0.29) is 24.4 Å². The topological polar surface area (TPSA) is 111 Å². The molecule has 0 bridgehead atoms. The molecule has 0 aliphatic carbocycles. The van der Waals surface area contributed by atoms with Gasteiger partial charge in [-0.15, -0.1) is 0 Å². The number of β-amino-alcohol motifs (C(OH)–C–C–N with tert-alkyl or cyclic N) is 1. The van der Waals surface area contributed by atoms with Crippen molar-refractivity contribution >= 4 is 11.9 Å². The van der Waals surface area contributed by atoms with Gasteiger partial charge in [-0.1, -0.05) is 0 Å². The maximum atomic E-state index is 12.1. The summed E-state index contributed by atoms with van der Waals surface area (Å²) in [6.45, 7) is -0.0776. The van der Waals surface area contributed by atoms with Crippen molar-refractivity contribution < 1.29 is 24.9 Å². The van der Waals surface area contributed by atoms with Crippen LogP contribution in [-0.2, 0) is 4.79 Å². The van der Waals surface area contributed by atoms with Crippen LogP contribution < -0.4 is 0 Å². The lowest BCUT2D eigenvalue weighted by molar-refractivity contribution is -0.141. The molecule has 7 heteroatoms. The van der Waals surface area contributed by atoms with E-state index >= 15 is 0 Å². The van der Waals surface area contributed by atoms with Crippen molar-refractivity contribution in [1.82, 2.24) is 9.88 Å². The second-order valence-corrected chi connectivity index (χ2v) is 4.07. The van der Waals surface area contributed by atoms with E-state index in [1.165, 1.54) is 18.3 Å². The second-order valence-electron chi connectivity index (χ2n) is 4.07. The third-order valence-corrected chi connectivity index (χ3v) is 2.81. The third-order valence-electron chi connectivity index (χ3n) is 2.81. The first-order valence-corrected chi connectivity index (χ1v) is 5.36. The summed E-state index contributed by atoms with van der Waals surface area (Å²) in [7, 11) is 0. The van der Waals surface area contributed by atoms with Gasteiger partial charge in [0.1, 0.15) is 11.8 Å². The number of hydrogen-bond acceptors (Lipinski definition) is 5. The number of carboxylic acids is 1. The fourth-order valence-electron chi connectivity index (χ4n) is 1.97. The van der Waals surface area contributed by atoms with E-state index in [1.807, 2.05) is 0 Å². The number of carbonyl (C=O) groups excluding carboxylic acids is 1. The van der Waals surface area contributed by atoms with Crippen LogP contribution in [0.1, 0.15) is 16.9 Å². The maximum Gasteiger partial charge on any atom is 0.326 e. The summed E-state index contributed by atoms with van der Waals surface area (Å²) in [6.07, 6.45) is 0.435. The zero-order valence-corrected chi connectivity index (χ0v) is 9.35. The highest BCUT2D eigenvalue weighted by Gasteiger charge is 2.40. The minimum Gasteiger partial charge on any atom is -0.505 e. The van der Waals surface area contributed by atoms with Crippen LogP contribution in [0.2, 0.25) is 0 Å². The van der Waals surface area contributed by atoms with E-state index in [0.717, 1.165) is 4.90 Å². The highest BCUT2D eigenvalue weighted by atomic mass is 16.4. The van der Waals surface area contributed by atoms with Gasteiger partial charge in [0.15, 0.2) is 5.69 Å². The van der Waals surface area contributed by atoms with E-state index in [0.29, 0.717) is 0 Å². The number of pyridine rings is 1. The smallest absolute Gasteiger partial charge is 0.326 e. The van der Waals surface area contributed by atoms with Gasteiger partial charge < -0.3 is 20.2 Å². The highest BCUT2D eigenvalue weighted by Crippen LogP contribution is 2.23.